The van der Waals surface area contributed by atoms with Crippen molar-refractivity contribution in [3.63, 3.8) is 0 Å². The SMILES string of the molecule is COC(=O)c1ccc(NC(=S)Nc2cccnc2)cc1. The second kappa shape index (κ2) is 6.63. The number of aromatic nitrogens is 1. The Morgan fingerprint density at radius 2 is 1.85 bits per heavy atom. The number of benzene rings is 1. The van der Waals surface area contributed by atoms with Crippen LogP contribution in [0.15, 0.2) is 48.8 Å². The fourth-order valence-electron chi connectivity index (χ4n) is 1.54. The van der Waals surface area contributed by atoms with Crippen LogP contribution < -0.4 is 10.6 Å². The Balaban J connectivity index is 1.96. The molecule has 0 unspecified atom stereocenters. The third-order valence-electron chi connectivity index (χ3n) is 2.48. The van der Waals surface area contributed by atoms with Gasteiger partial charge in [0.1, 0.15) is 0 Å². The lowest BCUT2D eigenvalue weighted by molar-refractivity contribution is 0.0601. The summed E-state index contributed by atoms with van der Waals surface area (Å²) >= 11 is 5.18. The molecule has 1 heterocycles. The summed E-state index contributed by atoms with van der Waals surface area (Å²) in [7, 11) is 1.35. The standard InChI is InChI=1S/C14H13N3O2S/c1-19-13(18)10-4-6-11(7-5-10)16-14(20)17-12-3-2-8-15-9-12/h2-9H,1H3,(H2,16,17,20). The fraction of sp³-hybridized carbons (Fsp3) is 0.0714. The number of nitrogens with zero attached hydrogens (tertiary/aromatic N) is 1. The molecule has 102 valence electrons. The van der Waals surface area contributed by atoms with Gasteiger partial charge in [-0.1, -0.05) is 0 Å². The first-order chi connectivity index (χ1) is 9.69. The van der Waals surface area contributed by atoms with Gasteiger partial charge in [0, 0.05) is 11.9 Å². The summed E-state index contributed by atoms with van der Waals surface area (Å²) < 4.78 is 4.63. The smallest absolute Gasteiger partial charge is 0.337 e. The maximum absolute atomic E-state index is 11.3. The third kappa shape index (κ3) is 3.76. The number of nitrogens with one attached hydrogen (secondary N) is 2. The van der Waals surface area contributed by atoms with Crippen molar-refractivity contribution in [2.45, 2.75) is 0 Å². The quantitative estimate of drug-likeness (QED) is 0.668. The van der Waals surface area contributed by atoms with Crippen LogP contribution in [0, 0.1) is 0 Å². The van der Waals surface area contributed by atoms with E-state index in [2.05, 4.69) is 20.4 Å². The number of esters is 1. The van der Waals surface area contributed by atoms with Crippen molar-refractivity contribution < 1.29 is 9.53 Å². The maximum atomic E-state index is 11.3. The molecule has 0 saturated carbocycles. The molecule has 20 heavy (non-hydrogen) atoms. The summed E-state index contributed by atoms with van der Waals surface area (Å²) in [5, 5.41) is 6.47. The van der Waals surface area contributed by atoms with Crippen molar-refractivity contribution in [2.24, 2.45) is 0 Å². The number of methoxy groups -OCH3 is 1. The minimum absolute atomic E-state index is 0.368. The number of rotatable bonds is 3. The molecule has 0 spiro atoms. The second-order valence-corrected chi connectivity index (χ2v) is 4.30. The molecule has 0 aliphatic rings. The van der Waals surface area contributed by atoms with E-state index in [9.17, 15) is 4.79 Å². The maximum Gasteiger partial charge on any atom is 0.337 e. The van der Waals surface area contributed by atoms with Crippen LogP contribution in [0.2, 0.25) is 0 Å². The van der Waals surface area contributed by atoms with E-state index in [1.807, 2.05) is 12.1 Å². The molecule has 1 aromatic heterocycles. The van der Waals surface area contributed by atoms with Crippen LogP contribution in [0.4, 0.5) is 11.4 Å². The molecular formula is C14H13N3O2S. The number of ether oxygens (including phenoxy) is 1. The Kier molecular flexibility index (Phi) is 4.62. The van der Waals surface area contributed by atoms with Gasteiger partial charge in [-0.3, -0.25) is 4.98 Å². The van der Waals surface area contributed by atoms with Gasteiger partial charge >= 0.3 is 5.97 Å². The van der Waals surface area contributed by atoms with Crippen molar-refractivity contribution in [3.8, 4) is 0 Å². The van der Waals surface area contributed by atoms with E-state index in [0.717, 1.165) is 11.4 Å². The highest BCUT2D eigenvalue weighted by atomic mass is 32.1. The number of thiocarbonyl (C=S) groups is 1. The Morgan fingerprint density at radius 3 is 2.45 bits per heavy atom. The average Bonchev–Trinajstić information content (AvgIpc) is 2.48. The molecule has 5 nitrogen and oxygen atoms in total. The van der Waals surface area contributed by atoms with Gasteiger partial charge in [0.05, 0.1) is 24.6 Å². The zero-order valence-electron chi connectivity index (χ0n) is 10.8. The molecule has 0 fully saturated rings. The molecule has 0 bridgehead atoms. The Morgan fingerprint density at radius 1 is 1.15 bits per heavy atom. The molecule has 0 atom stereocenters. The normalized spacial score (nSPS) is 9.65. The van der Waals surface area contributed by atoms with Gasteiger partial charge in [0.15, 0.2) is 5.11 Å². The lowest BCUT2D eigenvalue weighted by Gasteiger charge is -2.10. The van der Waals surface area contributed by atoms with E-state index in [0.29, 0.717) is 10.7 Å². The minimum atomic E-state index is -0.368. The van der Waals surface area contributed by atoms with Crippen molar-refractivity contribution in [2.75, 3.05) is 17.7 Å². The van der Waals surface area contributed by atoms with Gasteiger partial charge < -0.3 is 15.4 Å². The predicted molar refractivity (Wildman–Crippen MR) is 81.9 cm³/mol. The van der Waals surface area contributed by atoms with E-state index in [-0.39, 0.29) is 5.97 Å². The van der Waals surface area contributed by atoms with Gasteiger partial charge in [-0.25, -0.2) is 4.79 Å². The topological polar surface area (TPSA) is 63.2 Å². The summed E-state index contributed by atoms with van der Waals surface area (Å²) in [6.07, 6.45) is 3.36. The van der Waals surface area contributed by atoms with Crippen LogP contribution in [0.25, 0.3) is 0 Å². The number of hydrogen-bond donors (Lipinski definition) is 2. The van der Waals surface area contributed by atoms with Crippen molar-refractivity contribution in [1.82, 2.24) is 4.98 Å². The Bertz CT molecular complexity index is 600. The van der Waals surface area contributed by atoms with Crippen LogP contribution in [0.3, 0.4) is 0 Å². The van der Waals surface area contributed by atoms with E-state index in [1.54, 1.807) is 36.7 Å². The van der Waals surface area contributed by atoms with Gasteiger partial charge in [-0.05, 0) is 48.6 Å². The summed E-state index contributed by atoms with van der Waals surface area (Å²) in [6.45, 7) is 0. The van der Waals surface area contributed by atoms with Gasteiger partial charge in [-0.15, -0.1) is 0 Å². The predicted octanol–water partition coefficient (Wildman–Crippen LogP) is 2.68. The zero-order chi connectivity index (χ0) is 14.4. The van der Waals surface area contributed by atoms with E-state index < -0.39 is 0 Å². The third-order valence-corrected chi connectivity index (χ3v) is 2.69. The van der Waals surface area contributed by atoms with Crippen LogP contribution in [-0.4, -0.2) is 23.2 Å². The lowest BCUT2D eigenvalue weighted by Crippen LogP contribution is -2.19. The Hall–Kier alpha value is -2.47. The highest BCUT2D eigenvalue weighted by Crippen LogP contribution is 2.11. The van der Waals surface area contributed by atoms with E-state index in [4.69, 9.17) is 12.2 Å². The number of carbonyl (C=O) groups is 1. The van der Waals surface area contributed by atoms with Crippen LogP contribution in [0.5, 0.6) is 0 Å². The molecule has 1 aromatic carbocycles. The van der Waals surface area contributed by atoms with E-state index in [1.165, 1.54) is 7.11 Å². The Labute approximate surface area is 122 Å². The summed E-state index contributed by atoms with van der Waals surface area (Å²) in [5.74, 6) is -0.368. The molecule has 2 N–H and O–H groups in total. The number of carbonyl (C=O) groups excluding carboxylic acids is 1. The molecule has 0 saturated heterocycles. The second-order valence-electron chi connectivity index (χ2n) is 3.89. The first-order valence-electron chi connectivity index (χ1n) is 5.85. The molecule has 0 amide bonds. The number of pyridine rings is 1. The first kappa shape index (κ1) is 14.0. The molecular weight excluding hydrogens is 274 g/mol. The van der Waals surface area contributed by atoms with Crippen molar-refractivity contribution in [3.05, 3.63) is 54.4 Å². The average molecular weight is 287 g/mol. The number of anilines is 2. The molecule has 2 rings (SSSR count). The van der Waals surface area contributed by atoms with Crippen LogP contribution in [-0.2, 0) is 4.74 Å². The van der Waals surface area contributed by atoms with Crippen molar-refractivity contribution in [1.29, 1.82) is 0 Å². The van der Waals surface area contributed by atoms with Gasteiger partial charge in [0.25, 0.3) is 0 Å². The molecule has 6 heteroatoms. The fourth-order valence-corrected chi connectivity index (χ4v) is 1.77. The summed E-state index contributed by atoms with van der Waals surface area (Å²) in [6, 6.07) is 10.5. The minimum Gasteiger partial charge on any atom is -0.465 e. The molecule has 0 aliphatic carbocycles. The van der Waals surface area contributed by atoms with Crippen LogP contribution >= 0.6 is 12.2 Å². The summed E-state index contributed by atoms with van der Waals surface area (Å²) in [4.78, 5) is 15.3. The highest BCUT2D eigenvalue weighted by molar-refractivity contribution is 7.80. The zero-order valence-corrected chi connectivity index (χ0v) is 11.6. The lowest BCUT2D eigenvalue weighted by atomic mass is 10.2. The van der Waals surface area contributed by atoms with Crippen molar-refractivity contribution >= 4 is 34.7 Å². The molecule has 2 aromatic rings. The van der Waals surface area contributed by atoms with E-state index >= 15 is 0 Å². The molecule has 0 aliphatic heterocycles. The van der Waals surface area contributed by atoms with Gasteiger partial charge in [-0.2, -0.15) is 0 Å². The first-order valence-corrected chi connectivity index (χ1v) is 6.26. The van der Waals surface area contributed by atoms with Gasteiger partial charge in [0.2, 0.25) is 0 Å². The molecule has 0 radical (unpaired) electrons. The van der Waals surface area contributed by atoms with Crippen LogP contribution in [0.1, 0.15) is 10.4 Å². The monoisotopic (exact) mass is 287 g/mol. The summed E-state index contributed by atoms with van der Waals surface area (Å²) in [5.41, 5.74) is 2.07. The largest absolute Gasteiger partial charge is 0.465 e. The highest BCUT2D eigenvalue weighted by Gasteiger charge is 2.05. The number of hydrogen-bond acceptors (Lipinski definition) is 4.